The number of rotatable bonds is 6. The first kappa shape index (κ1) is 14.0. The van der Waals surface area contributed by atoms with Crippen molar-refractivity contribution in [3.63, 3.8) is 0 Å². The molecule has 0 aliphatic carbocycles. The maximum absolute atomic E-state index is 13.3. The van der Waals surface area contributed by atoms with Gasteiger partial charge in [-0.05, 0) is 25.5 Å². The minimum Gasteiger partial charge on any atom is -0.385 e. The Labute approximate surface area is 100 Å². The molecule has 0 fully saturated rings. The number of hydrogen-bond acceptors (Lipinski definition) is 4. The molecule has 5 nitrogen and oxygen atoms in total. The number of ether oxygens (including phenoxy) is 1. The van der Waals surface area contributed by atoms with Crippen LogP contribution in [0.3, 0.4) is 0 Å². The lowest BCUT2D eigenvalue weighted by molar-refractivity contribution is 0.188. The van der Waals surface area contributed by atoms with Crippen molar-refractivity contribution in [1.82, 2.24) is 9.71 Å². The van der Waals surface area contributed by atoms with Crippen LogP contribution in [-0.2, 0) is 14.8 Å². The first-order valence-corrected chi connectivity index (χ1v) is 6.57. The lowest BCUT2D eigenvalue weighted by atomic mass is 10.3. The zero-order chi connectivity index (χ0) is 12.9. The predicted molar refractivity (Wildman–Crippen MR) is 60.5 cm³/mol. The van der Waals surface area contributed by atoms with E-state index in [9.17, 15) is 12.8 Å². The van der Waals surface area contributed by atoms with Crippen LogP contribution in [0, 0.1) is 5.82 Å². The fraction of sp³-hybridized carbons (Fsp3) is 0.500. The number of halogens is 1. The highest BCUT2D eigenvalue weighted by molar-refractivity contribution is 7.89. The largest absolute Gasteiger partial charge is 0.385 e. The highest BCUT2D eigenvalue weighted by Crippen LogP contribution is 2.10. The SMILES string of the molecule is COCCC(C)NS(=O)(=O)c1ncccc1F. The van der Waals surface area contributed by atoms with Crippen molar-refractivity contribution in [1.29, 1.82) is 0 Å². The number of aromatic nitrogens is 1. The third kappa shape index (κ3) is 4.03. The zero-order valence-corrected chi connectivity index (χ0v) is 10.5. The first-order chi connectivity index (χ1) is 7.97. The van der Waals surface area contributed by atoms with E-state index >= 15 is 0 Å². The number of methoxy groups -OCH3 is 1. The van der Waals surface area contributed by atoms with Crippen LogP contribution in [0.25, 0.3) is 0 Å². The highest BCUT2D eigenvalue weighted by atomic mass is 32.2. The third-order valence-electron chi connectivity index (χ3n) is 2.09. The normalized spacial score (nSPS) is 13.6. The van der Waals surface area contributed by atoms with Gasteiger partial charge < -0.3 is 4.74 Å². The van der Waals surface area contributed by atoms with E-state index < -0.39 is 20.9 Å². The Morgan fingerprint density at radius 3 is 2.88 bits per heavy atom. The fourth-order valence-corrected chi connectivity index (χ4v) is 2.53. The van der Waals surface area contributed by atoms with Gasteiger partial charge in [-0.1, -0.05) is 0 Å². The number of pyridine rings is 1. The Hall–Kier alpha value is -1.05. The van der Waals surface area contributed by atoms with Gasteiger partial charge >= 0.3 is 0 Å². The number of nitrogens with one attached hydrogen (secondary N) is 1. The van der Waals surface area contributed by atoms with E-state index in [2.05, 4.69) is 9.71 Å². The van der Waals surface area contributed by atoms with Gasteiger partial charge in [-0.15, -0.1) is 0 Å². The monoisotopic (exact) mass is 262 g/mol. The summed E-state index contributed by atoms with van der Waals surface area (Å²) in [6, 6.07) is 2.05. The molecule has 0 aliphatic rings. The molecule has 0 bridgehead atoms. The maximum atomic E-state index is 13.3. The zero-order valence-electron chi connectivity index (χ0n) is 9.68. The van der Waals surface area contributed by atoms with Gasteiger partial charge in [0.1, 0.15) is 0 Å². The van der Waals surface area contributed by atoms with Crippen molar-refractivity contribution in [3.8, 4) is 0 Å². The summed E-state index contributed by atoms with van der Waals surface area (Å²) in [6.45, 7) is 2.10. The number of hydrogen-bond donors (Lipinski definition) is 1. The average molecular weight is 262 g/mol. The molecule has 0 saturated carbocycles. The summed E-state index contributed by atoms with van der Waals surface area (Å²) in [6.07, 6.45) is 1.74. The van der Waals surface area contributed by atoms with Crippen LogP contribution in [0.2, 0.25) is 0 Å². The van der Waals surface area contributed by atoms with Gasteiger partial charge in [0.25, 0.3) is 10.0 Å². The van der Waals surface area contributed by atoms with E-state index in [1.807, 2.05) is 0 Å². The molecule has 1 unspecified atom stereocenters. The molecule has 1 aromatic rings. The Balaban J connectivity index is 2.79. The highest BCUT2D eigenvalue weighted by Gasteiger charge is 2.22. The van der Waals surface area contributed by atoms with Crippen molar-refractivity contribution >= 4 is 10.0 Å². The lowest BCUT2D eigenvalue weighted by Gasteiger charge is -2.13. The summed E-state index contributed by atoms with van der Waals surface area (Å²) in [5.41, 5.74) is 0. The van der Waals surface area contributed by atoms with Crippen LogP contribution < -0.4 is 4.72 Å². The van der Waals surface area contributed by atoms with Crippen LogP contribution >= 0.6 is 0 Å². The smallest absolute Gasteiger partial charge is 0.261 e. The second-order valence-electron chi connectivity index (χ2n) is 3.59. The van der Waals surface area contributed by atoms with E-state index in [0.29, 0.717) is 13.0 Å². The topological polar surface area (TPSA) is 68.3 Å². The molecular formula is C10H15FN2O3S. The van der Waals surface area contributed by atoms with Crippen LogP contribution in [0.4, 0.5) is 4.39 Å². The minimum atomic E-state index is -3.91. The van der Waals surface area contributed by atoms with Gasteiger partial charge in [-0.25, -0.2) is 22.5 Å². The first-order valence-electron chi connectivity index (χ1n) is 5.09. The van der Waals surface area contributed by atoms with Crippen LogP contribution in [0.1, 0.15) is 13.3 Å². The van der Waals surface area contributed by atoms with Crippen molar-refractivity contribution in [3.05, 3.63) is 24.1 Å². The molecule has 0 spiro atoms. The summed E-state index contributed by atoms with van der Waals surface area (Å²) >= 11 is 0. The van der Waals surface area contributed by atoms with Gasteiger partial charge in [0, 0.05) is 26.0 Å². The van der Waals surface area contributed by atoms with Crippen LogP contribution in [0.15, 0.2) is 23.4 Å². The van der Waals surface area contributed by atoms with E-state index in [4.69, 9.17) is 4.74 Å². The van der Waals surface area contributed by atoms with E-state index in [1.165, 1.54) is 19.4 Å². The molecule has 0 amide bonds. The molecule has 0 aromatic carbocycles. The molecular weight excluding hydrogens is 247 g/mol. The number of sulfonamides is 1. The maximum Gasteiger partial charge on any atom is 0.261 e. The molecule has 7 heteroatoms. The second kappa shape index (κ2) is 6.04. The molecule has 0 aliphatic heterocycles. The second-order valence-corrected chi connectivity index (χ2v) is 5.22. The van der Waals surface area contributed by atoms with Gasteiger partial charge in [-0.2, -0.15) is 0 Å². The minimum absolute atomic E-state index is 0.346. The molecule has 96 valence electrons. The number of nitrogens with zero attached hydrogens (tertiary/aromatic N) is 1. The molecule has 0 radical (unpaired) electrons. The van der Waals surface area contributed by atoms with Crippen LogP contribution in [0.5, 0.6) is 0 Å². The van der Waals surface area contributed by atoms with E-state index in [1.54, 1.807) is 6.92 Å². The molecule has 1 heterocycles. The standard InChI is InChI=1S/C10H15FN2O3S/c1-8(5-7-16-2)13-17(14,15)10-9(11)4-3-6-12-10/h3-4,6,8,13H,5,7H2,1-2H3. The summed E-state index contributed by atoms with van der Waals surface area (Å²) in [5, 5.41) is -0.579. The fourth-order valence-electron chi connectivity index (χ4n) is 1.24. The van der Waals surface area contributed by atoms with Crippen molar-refractivity contribution < 1.29 is 17.5 Å². The van der Waals surface area contributed by atoms with Crippen molar-refractivity contribution in [2.24, 2.45) is 0 Å². The lowest BCUT2D eigenvalue weighted by Crippen LogP contribution is -2.34. The molecule has 1 atom stereocenters. The predicted octanol–water partition coefficient (Wildman–Crippen LogP) is 0.924. The summed E-state index contributed by atoms with van der Waals surface area (Å²) in [7, 11) is -2.38. The van der Waals surface area contributed by atoms with E-state index in [0.717, 1.165) is 6.07 Å². The summed E-state index contributed by atoms with van der Waals surface area (Å²) < 4.78 is 44.0. The Morgan fingerprint density at radius 2 is 2.29 bits per heavy atom. The van der Waals surface area contributed by atoms with Gasteiger partial charge in [-0.3, -0.25) is 0 Å². The molecule has 17 heavy (non-hydrogen) atoms. The van der Waals surface area contributed by atoms with E-state index in [-0.39, 0.29) is 6.04 Å². The Morgan fingerprint density at radius 1 is 1.59 bits per heavy atom. The average Bonchev–Trinajstić information content (AvgIpc) is 2.26. The van der Waals surface area contributed by atoms with Gasteiger partial charge in [0.15, 0.2) is 5.82 Å². The quantitative estimate of drug-likeness (QED) is 0.828. The molecule has 1 rings (SSSR count). The molecule has 1 N–H and O–H groups in total. The van der Waals surface area contributed by atoms with Crippen molar-refractivity contribution in [2.45, 2.75) is 24.4 Å². The van der Waals surface area contributed by atoms with Gasteiger partial charge in [0.05, 0.1) is 0 Å². The molecule has 1 aromatic heterocycles. The summed E-state index contributed by atoms with van der Waals surface area (Å²) in [5.74, 6) is -0.862. The molecule has 0 saturated heterocycles. The third-order valence-corrected chi connectivity index (χ3v) is 3.61. The van der Waals surface area contributed by atoms with Gasteiger partial charge in [0.2, 0.25) is 5.03 Å². The Bertz CT molecular complexity index is 464. The van der Waals surface area contributed by atoms with Crippen molar-refractivity contribution in [2.75, 3.05) is 13.7 Å². The van der Waals surface area contributed by atoms with Crippen LogP contribution in [-0.4, -0.2) is 33.2 Å². The Kier molecular flexibility index (Phi) is 4.98. The summed E-state index contributed by atoms with van der Waals surface area (Å²) in [4.78, 5) is 3.53.